The summed E-state index contributed by atoms with van der Waals surface area (Å²) in [6, 6.07) is 15.5. The standard InChI is InChI=1S/C29H35N5O3/c1-20(32-24-9-7-21(8-10-24)22-12-15-34(16-13-22)17-18-36-2)28-23(11-14-31-29(28)35)19-25(30)26-5-4-6-27(33-26)37-3/h4-11,14,19,22,32H,1,12-13,15-18,30H2,2-3H3,(H,31,35)/b25-19-. The molecule has 0 spiro atoms. The third-order valence-electron chi connectivity index (χ3n) is 6.71. The van der Waals surface area contributed by atoms with Gasteiger partial charge in [0.2, 0.25) is 5.88 Å². The van der Waals surface area contributed by atoms with Crippen LogP contribution in [0.25, 0.3) is 17.5 Å². The molecule has 0 aliphatic carbocycles. The van der Waals surface area contributed by atoms with E-state index in [9.17, 15) is 4.79 Å². The number of piperidine rings is 1. The summed E-state index contributed by atoms with van der Waals surface area (Å²) in [5.41, 5.74) is 10.8. The summed E-state index contributed by atoms with van der Waals surface area (Å²) in [5, 5.41) is 3.29. The number of H-pyrrole nitrogens is 1. The lowest BCUT2D eigenvalue weighted by Gasteiger charge is -2.32. The average Bonchev–Trinajstić information content (AvgIpc) is 2.92. The second-order valence-corrected chi connectivity index (χ2v) is 9.14. The van der Waals surface area contributed by atoms with E-state index in [2.05, 4.69) is 38.9 Å². The SMILES string of the molecule is C=C(Nc1ccc(C2CCN(CCOC)CC2)cc1)c1c(/C=C(\N)c2cccc(OC)n2)cc[nH]c1=O. The van der Waals surface area contributed by atoms with Crippen LogP contribution in [0, 0.1) is 0 Å². The van der Waals surface area contributed by atoms with Crippen LogP contribution in [0.4, 0.5) is 5.69 Å². The number of rotatable bonds is 10. The molecule has 0 atom stereocenters. The van der Waals surface area contributed by atoms with Crippen LogP contribution in [0.3, 0.4) is 0 Å². The van der Waals surface area contributed by atoms with Gasteiger partial charge in [0.25, 0.3) is 5.56 Å². The molecule has 1 saturated heterocycles. The van der Waals surface area contributed by atoms with Crippen molar-refractivity contribution in [3.63, 3.8) is 0 Å². The van der Waals surface area contributed by atoms with Crippen molar-refractivity contribution < 1.29 is 9.47 Å². The Kier molecular flexibility index (Phi) is 8.77. The first-order valence-electron chi connectivity index (χ1n) is 12.5. The van der Waals surface area contributed by atoms with Crippen LogP contribution in [0.1, 0.15) is 41.1 Å². The lowest BCUT2D eigenvalue weighted by molar-refractivity contribution is 0.130. The second-order valence-electron chi connectivity index (χ2n) is 9.14. The first-order chi connectivity index (χ1) is 18.0. The number of nitrogens with one attached hydrogen (secondary N) is 2. The average molecular weight is 502 g/mol. The Morgan fingerprint density at radius 3 is 2.65 bits per heavy atom. The van der Waals surface area contributed by atoms with Gasteiger partial charge in [-0.1, -0.05) is 24.8 Å². The quantitative estimate of drug-likeness (QED) is 0.383. The monoisotopic (exact) mass is 501 g/mol. The van der Waals surface area contributed by atoms with Gasteiger partial charge in [-0.2, -0.15) is 0 Å². The van der Waals surface area contributed by atoms with Crippen LogP contribution >= 0.6 is 0 Å². The number of likely N-dealkylation sites (tertiary alicyclic amines) is 1. The number of aromatic amines is 1. The van der Waals surface area contributed by atoms with E-state index in [1.165, 1.54) is 5.56 Å². The molecule has 4 rings (SSSR count). The molecule has 37 heavy (non-hydrogen) atoms. The lowest BCUT2D eigenvalue weighted by atomic mass is 9.89. The van der Waals surface area contributed by atoms with Gasteiger partial charge in [-0.05, 0) is 73.3 Å². The van der Waals surface area contributed by atoms with Gasteiger partial charge in [0.1, 0.15) is 0 Å². The first-order valence-corrected chi connectivity index (χ1v) is 12.5. The van der Waals surface area contributed by atoms with Gasteiger partial charge in [-0.3, -0.25) is 4.79 Å². The van der Waals surface area contributed by atoms with Crippen LogP contribution in [0.2, 0.25) is 0 Å². The highest BCUT2D eigenvalue weighted by atomic mass is 16.5. The van der Waals surface area contributed by atoms with Gasteiger partial charge in [0.15, 0.2) is 0 Å². The highest BCUT2D eigenvalue weighted by Gasteiger charge is 2.20. The Balaban J connectivity index is 1.46. The van der Waals surface area contributed by atoms with Gasteiger partial charge in [0, 0.05) is 37.3 Å². The minimum absolute atomic E-state index is 0.255. The number of pyridine rings is 2. The number of nitrogens with zero attached hydrogens (tertiary/aromatic N) is 2. The number of anilines is 1. The Bertz CT molecular complexity index is 1290. The molecule has 4 N–H and O–H groups in total. The van der Waals surface area contributed by atoms with Crippen LogP contribution < -0.4 is 21.3 Å². The fourth-order valence-electron chi connectivity index (χ4n) is 4.64. The number of aromatic nitrogens is 2. The van der Waals surface area contributed by atoms with E-state index >= 15 is 0 Å². The van der Waals surface area contributed by atoms with Gasteiger partial charge in [-0.25, -0.2) is 4.98 Å². The largest absolute Gasteiger partial charge is 0.481 e. The zero-order chi connectivity index (χ0) is 26.2. The minimum Gasteiger partial charge on any atom is -0.481 e. The van der Waals surface area contributed by atoms with E-state index in [0.29, 0.717) is 40.0 Å². The molecule has 0 unspecified atom stereocenters. The maximum Gasteiger partial charge on any atom is 0.257 e. The van der Waals surface area contributed by atoms with Crippen molar-refractivity contribution in [2.75, 3.05) is 45.8 Å². The maximum absolute atomic E-state index is 12.8. The zero-order valence-corrected chi connectivity index (χ0v) is 21.5. The van der Waals surface area contributed by atoms with Gasteiger partial charge in [-0.15, -0.1) is 0 Å². The summed E-state index contributed by atoms with van der Waals surface area (Å²) in [4.78, 5) is 22.3. The van der Waals surface area contributed by atoms with Crippen molar-refractivity contribution in [2.45, 2.75) is 18.8 Å². The van der Waals surface area contributed by atoms with Crippen molar-refractivity contribution in [3.8, 4) is 5.88 Å². The van der Waals surface area contributed by atoms with E-state index < -0.39 is 0 Å². The third kappa shape index (κ3) is 6.67. The predicted octanol–water partition coefficient (Wildman–Crippen LogP) is 4.14. The van der Waals surface area contributed by atoms with Crippen molar-refractivity contribution in [3.05, 3.63) is 94.0 Å². The van der Waals surface area contributed by atoms with Crippen molar-refractivity contribution in [1.82, 2.24) is 14.9 Å². The smallest absolute Gasteiger partial charge is 0.257 e. The summed E-state index contributed by atoms with van der Waals surface area (Å²) < 4.78 is 10.4. The van der Waals surface area contributed by atoms with E-state index in [1.807, 2.05) is 18.2 Å². The van der Waals surface area contributed by atoms with Crippen LogP contribution in [0.15, 0.2) is 66.1 Å². The fraction of sp³-hybridized carbons (Fsp3) is 0.310. The van der Waals surface area contributed by atoms with E-state index in [0.717, 1.165) is 44.8 Å². The minimum atomic E-state index is -0.255. The molecule has 3 heterocycles. The third-order valence-corrected chi connectivity index (χ3v) is 6.71. The fourth-order valence-corrected chi connectivity index (χ4v) is 4.64. The molecule has 194 valence electrons. The van der Waals surface area contributed by atoms with Crippen molar-refractivity contribution in [1.29, 1.82) is 0 Å². The number of nitrogens with two attached hydrogens (primary N) is 1. The molecule has 2 aromatic heterocycles. The number of methoxy groups -OCH3 is 2. The summed E-state index contributed by atoms with van der Waals surface area (Å²) in [5.74, 6) is 1.02. The number of hydrogen-bond acceptors (Lipinski definition) is 7. The highest BCUT2D eigenvalue weighted by molar-refractivity contribution is 5.85. The van der Waals surface area contributed by atoms with E-state index in [-0.39, 0.29) is 5.56 Å². The van der Waals surface area contributed by atoms with Crippen molar-refractivity contribution in [2.24, 2.45) is 5.73 Å². The summed E-state index contributed by atoms with van der Waals surface area (Å²) in [6.07, 6.45) is 5.59. The van der Waals surface area contributed by atoms with Gasteiger partial charge >= 0.3 is 0 Å². The topological polar surface area (TPSA) is 106 Å². The van der Waals surface area contributed by atoms with Crippen LogP contribution in [0.5, 0.6) is 5.88 Å². The Morgan fingerprint density at radius 2 is 1.95 bits per heavy atom. The number of hydrogen-bond donors (Lipinski definition) is 3. The number of ether oxygens (including phenoxy) is 2. The molecular weight excluding hydrogens is 466 g/mol. The predicted molar refractivity (Wildman–Crippen MR) is 149 cm³/mol. The second kappa shape index (κ2) is 12.4. The Labute approximate surface area is 217 Å². The molecule has 3 aromatic rings. The van der Waals surface area contributed by atoms with Crippen LogP contribution in [-0.4, -0.2) is 55.3 Å². The highest BCUT2D eigenvalue weighted by Crippen LogP contribution is 2.29. The van der Waals surface area contributed by atoms with Crippen LogP contribution in [-0.2, 0) is 4.74 Å². The number of benzene rings is 1. The van der Waals surface area contributed by atoms with Gasteiger partial charge < -0.3 is 30.4 Å². The molecule has 8 nitrogen and oxygen atoms in total. The Morgan fingerprint density at radius 1 is 1.19 bits per heavy atom. The molecule has 1 fully saturated rings. The lowest BCUT2D eigenvalue weighted by Crippen LogP contribution is -2.35. The molecule has 1 aliphatic rings. The molecule has 0 radical (unpaired) electrons. The first kappa shape index (κ1) is 26.2. The summed E-state index contributed by atoms with van der Waals surface area (Å²) in [6.45, 7) is 8.09. The molecule has 0 saturated carbocycles. The summed E-state index contributed by atoms with van der Waals surface area (Å²) in [7, 11) is 3.30. The zero-order valence-electron chi connectivity index (χ0n) is 21.5. The molecule has 0 amide bonds. The molecule has 8 heteroatoms. The molecule has 1 aliphatic heterocycles. The molecular formula is C29H35N5O3. The van der Waals surface area contributed by atoms with Crippen molar-refractivity contribution >= 4 is 23.2 Å². The van der Waals surface area contributed by atoms with E-state index in [1.54, 1.807) is 44.7 Å². The summed E-state index contributed by atoms with van der Waals surface area (Å²) >= 11 is 0. The molecule has 1 aromatic carbocycles. The Hall–Kier alpha value is -3.88. The normalized spacial score (nSPS) is 14.9. The van der Waals surface area contributed by atoms with E-state index in [4.69, 9.17) is 15.2 Å². The van der Waals surface area contributed by atoms with Gasteiger partial charge in [0.05, 0.1) is 30.7 Å². The molecule has 0 bridgehead atoms. The maximum atomic E-state index is 12.8.